The van der Waals surface area contributed by atoms with Crippen molar-refractivity contribution in [1.29, 1.82) is 0 Å². The zero-order valence-corrected chi connectivity index (χ0v) is 18.5. The van der Waals surface area contributed by atoms with Crippen LogP contribution in [-0.2, 0) is 24.5 Å². The molecule has 2 aliphatic rings. The van der Waals surface area contributed by atoms with Crippen LogP contribution in [0.3, 0.4) is 0 Å². The summed E-state index contributed by atoms with van der Waals surface area (Å²) in [5.74, 6) is -1.34. The van der Waals surface area contributed by atoms with Crippen LogP contribution in [0.1, 0.15) is 46.0 Å². The predicted molar refractivity (Wildman–Crippen MR) is 114 cm³/mol. The van der Waals surface area contributed by atoms with Gasteiger partial charge in [0.1, 0.15) is 0 Å². The Labute approximate surface area is 182 Å². The van der Waals surface area contributed by atoms with Gasteiger partial charge in [0.25, 0.3) is 21.9 Å². The Morgan fingerprint density at radius 2 is 1.94 bits per heavy atom. The maximum absolute atomic E-state index is 11.7. The van der Waals surface area contributed by atoms with Crippen LogP contribution in [0, 0.1) is 5.41 Å². The Balaban J connectivity index is 2.10. The quantitative estimate of drug-likeness (QED) is 0.208. The van der Waals surface area contributed by atoms with Crippen LogP contribution in [0.5, 0.6) is 0 Å². The molecule has 0 aromatic heterocycles. The molecule has 0 saturated carbocycles. The molecule has 0 spiro atoms. The highest BCUT2D eigenvalue weighted by Crippen LogP contribution is 2.42. The third-order valence-corrected chi connectivity index (χ3v) is 6.11. The number of carbonyl (C=O) groups is 2. The summed E-state index contributed by atoms with van der Waals surface area (Å²) in [6, 6.07) is 0. The third-order valence-electron chi connectivity index (χ3n) is 5.31. The van der Waals surface area contributed by atoms with Gasteiger partial charge in [-0.25, -0.2) is 4.84 Å². The summed E-state index contributed by atoms with van der Waals surface area (Å²) in [4.78, 5) is 28.5. The van der Waals surface area contributed by atoms with E-state index in [0.717, 1.165) is 11.4 Å². The molecule has 2 N–H and O–H groups in total. The highest BCUT2D eigenvalue weighted by atomic mass is 32.2. The van der Waals surface area contributed by atoms with E-state index in [1.165, 1.54) is 0 Å². The third kappa shape index (κ3) is 6.57. The van der Waals surface area contributed by atoms with Crippen LogP contribution >= 0.6 is 0 Å². The van der Waals surface area contributed by atoms with Crippen LogP contribution in [0.25, 0.3) is 0 Å². The van der Waals surface area contributed by atoms with Crippen LogP contribution in [0.15, 0.2) is 41.7 Å². The van der Waals surface area contributed by atoms with Crippen molar-refractivity contribution in [3.05, 3.63) is 36.6 Å². The maximum Gasteiger partial charge on any atom is 0.264 e. The Morgan fingerprint density at radius 1 is 1.29 bits per heavy atom. The summed E-state index contributed by atoms with van der Waals surface area (Å²) < 4.78 is 31.0. The Hall–Kier alpha value is -2.34. The molecule has 0 bridgehead atoms. The van der Waals surface area contributed by atoms with Crippen molar-refractivity contribution < 1.29 is 32.5 Å². The Bertz CT molecular complexity index is 894. The highest BCUT2D eigenvalue weighted by molar-refractivity contribution is 7.85. The molecule has 2 heterocycles. The number of hydrazone groups is 1. The van der Waals surface area contributed by atoms with E-state index in [4.69, 9.17) is 9.39 Å². The zero-order chi connectivity index (χ0) is 23.2. The monoisotopic (exact) mass is 455 g/mol. The Kier molecular flexibility index (Phi) is 8.29. The lowest BCUT2D eigenvalue weighted by molar-refractivity contribution is -0.246. The van der Waals surface area contributed by atoms with Crippen molar-refractivity contribution in [1.82, 2.24) is 10.1 Å². The largest absolute Gasteiger partial charge is 0.366 e. The van der Waals surface area contributed by atoms with Crippen molar-refractivity contribution in [2.75, 3.05) is 12.3 Å². The summed E-state index contributed by atoms with van der Waals surface area (Å²) in [5.41, 5.74) is 0.921. The van der Waals surface area contributed by atoms with Crippen molar-refractivity contribution >= 4 is 27.6 Å². The number of hydrogen-bond acceptors (Lipinski definition) is 8. The summed E-state index contributed by atoms with van der Waals surface area (Å²) in [6.07, 6.45) is 6.43. The van der Waals surface area contributed by atoms with Crippen molar-refractivity contribution in [2.24, 2.45) is 10.5 Å². The molecule has 1 fully saturated rings. The minimum Gasteiger partial charge on any atom is -0.366 e. The normalized spacial score (nSPS) is 24.5. The fraction of sp³-hybridized carbons (Fsp3) is 0.550. The second-order valence-corrected chi connectivity index (χ2v) is 9.21. The SMILES string of the molecule is C=C/C=C/C=C1\N(CCCS(=O)(=O)O)N=C(C)C1(C)CCC(O)ON1C(=O)CCC1=O. The topological polar surface area (TPSA) is 137 Å². The number of amides is 2. The number of aliphatic hydroxyl groups is 1. The average Bonchev–Trinajstić information content (AvgIpc) is 3.11. The molecule has 0 aromatic rings. The smallest absolute Gasteiger partial charge is 0.264 e. The summed E-state index contributed by atoms with van der Waals surface area (Å²) >= 11 is 0. The predicted octanol–water partition coefficient (Wildman–Crippen LogP) is 1.77. The van der Waals surface area contributed by atoms with Gasteiger partial charge in [-0.15, -0.1) is 0 Å². The molecule has 2 atom stereocenters. The van der Waals surface area contributed by atoms with E-state index in [9.17, 15) is 23.1 Å². The van der Waals surface area contributed by atoms with Gasteiger partial charge in [0.15, 0.2) is 6.29 Å². The lowest BCUT2D eigenvalue weighted by Gasteiger charge is -2.30. The van der Waals surface area contributed by atoms with E-state index in [2.05, 4.69) is 11.7 Å². The van der Waals surface area contributed by atoms with E-state index < -0.39 is 33.6 Å². The minimum atomic E-state index is -4.07. The summed E-state index contributed by atoms with van der Waals surface area (Å²) in [6.45, 7) is 7.66. The molecule has 0 aliphatic carbocycles. The minimum absolute atomic E-state index is 0.0656. The van der Waals surface area contributed by atoms with Gasteiger partial charge in [0.2, 0.25) is 0 Å². The van der Waals surface area contributed by atoms with E-state index in [-0.39, 0.29) is 38.0 Å². The molecule has 10 nitrogen and oxygen atoms in total. The molecule has 1 saturated heterocycles. The van der Waals surface area contributed by atoms with Crippen molar-refractivity contribution in [3.63, 3.8) is 0 Å². The van der Waals surface area contributed by atoms with Crippen molar-refractivity contribution in [2.45, 2.75) is 52.2 Å². The van der Waals surface area contributed by atoms with E-state index >= 15 is 0 Å². The number of hydroxylamine groups is 2. The Morgan fingerprint density at radius 3 is 2.52 bits per heavy atom. The van der Waals surface area contributed by atoms with Gasteiger partial charge in [0.05, 0.1) is 5.75 Å². The lowest BCUT2D eigenvalue weighted by atomic mass is 9.78. The highest BCUT2D eigenvalue weighted by Gasteiger charge is 2.41. The first kappa shape index (κ1) is 24.9. The molecular weight excluding hydrogens is 426 g/mol. The zero-order valence-electron chi connectivity index (χ0n) is 17.7. The fourth-order valence-electron chi connectivity index (χ4n) is 3.45. The molecule has 0 radical (unpaired) electrons. The summed E-state index contributed by atoms with van der Waals surface area (Å²) in [5, 5.41) is 17.1. The van der Waals surface area contributed by atoms with Gasteiger partial charge >= 0.3 is 0 Å². The number of allylic oxidation sites excluding steroid dienone is 5. The first-order chi connectivity index (χ1) is 14.5. The first-order valence-corrected chi connectivity index (χ1v) is 11.6. The van der Waals surface area contributed by atoms with E-state index in [0.29, 0.717) is 11.5 Å². The second-order valence-electron chi connectivity index (χ2n) is 7.63. The van der Waals surface area contributed by atoms with E-state index in [1.54, 1.807) is 23.2 Å². The van der Waals surface area contributed by atoms with Crippen LogP contribution in [0.2, 0.25) is 0 Å². The summed E-state index contributed by atoms with van der Waals surface area (Å²) in [7, 11) is -4.07. The van der Waals surface area contributed by atoms with Crippen LogP contribution in [-0.4, -0.2) is 64.3 Å². The molecule has 31 heavy (non-hydrogen) atoms. The van der Waals surface area contributed by atoms with Gasteiger partial charge in [-0.2, -0.15) is 18.6 Å². The van der Waals surface area contributed by atoms with Gasteiger partial charge in [0, 0.05) is 42.6 Å². The molecule has 0 aromatic carbocycles. The number of nitrogens with zero attached hydrogens (tertiary/aromatic N) is 3. The standard InChI is InChI=1S/C20H29N3O7S/c1-4-5-6-8-16-20(3,15(2)21-22(16)13-7-14-31(27,28)29)12-11-19(26)30-23-17(24)9-10-18(23)25/h4-6,8,19,26H,1,7,9-14H2,2-3H3,(H,27,28,29)/b6-5+,16-8-. The van der Waals surface area contributed by atoms with Crippen LogP contribution in [0.4, 0.5) is 0 Å². The van der Waals surface area contributed by atoms with Crippen molar-refractivity contribution in [3.8, 4) is 0 Å². The van der Waals surface area contributed by atoms with Gasteiger partial charge in [-0.05, 0) is 32.8 Å². The molecule has 2 unspecified atom stereocenters. The number of aliphatic hydroxyl groups excluding tert-OH is 1. The molecular formula is C20H29N3O7S. The van der Waals surface area contributed by atoms with E-state index in [1.807, 2.05) is 19.9 Å². The van der Waals surface area contributed by atoms with Gasteiger partial charge in [-0.1, -0.05) is 24.8 Å². The number of imide groups is 1. The average molecular weight is 456 g/mol. The van der Waals surface area contributed by atoms with Gasteiger partial charge in [-0.3, -0.25) is 19.2 Å². The first-order valence-electron chi connectivity index (χ1n) is 9.97. The number of rotatable bonds is 11. The van der Waals surface area contributed by atoms with Crippen LogP contribution < -0.4 is 0 Å². The number of carbonyl (C=O) groups excluding carboxylic acids is 2. The second kappa shape index (κ2) is 10.3. The molecule has 2 aliphatic heterocycles. The molecule has 11 heteroatoms. The van der Waals surface area contributed by atoms with Gasteiger partial charge < -0.3 is 5.11 Å². The molecule has 2 amide bonds. The maximum atomic E-state index is 11.7. The fourth-order valence-corrected chi connectivity index (χ4v) is 3.94. The lowest BCUT2D eigenvalue weighted by Crippen LogP contribution is -2.35. The number of hydrogen-bond donors (Lipinski definition) is 2. The molecule has 2 rings (SSSR count). The molecule has 172 valence electrons.